The van der Waals surface area contributed by atoms with Crippen molar-refractivity contribution in [1.82, 2.24) is 5.32 Å². The van der Waals surface area contributed by atoms with Crippen LogP contribution in [0.25, 0.3) is 0 Å². The molecule has 0 fully saturated rings. The molecule has 1 aromatic carbocycles. The summed E-state index contributed by atoms with van der Waals surface area (Å²) in [7, 11) is 0. The van der Waals surface area contributed by atoms with Gasteiger partial charge in [0.25, 0.3) is 0 Å². The van der Waals surface area contributed by atoms with Crippen LogP contribution in [0.1, 0.15) is 56.2 Å². The van der Waals surface area contributed by atoms with E-state index < -0.39 is 0 Å². The molecule has 1 aliphatic rings. The van der Waals surface area contributed by atoms with Gasteiger partial charge in [0.2, 0.25) is 0 Å². The number of aliphatic hydroxyl groups is 1. The van der Waals surface area contributed by atoms with Gasteiger partial charge in [0, 0.05) is 18.7 Å². The Balaban J connectivity index is 2.13. The van der Waals surface area contributed by atoms with Crippen LogP contribution in [0.3, 0.4) is 0 Å². The fourth-order valence-electron chi connectivity index (χ4n) is 2.80. The van der Waals surface area contributed by atoms with Crippen molar-refractivity contribution in [3.05, 3.63) is 35.4 Å². The molecular weight excluding hydrogens is 210 g/mol. The minimum Gasteiger partial charge on any atom is -0.396 e. The molecule has 0 heterocycles. The molecule has 0 amide bonds. The van der Waals surface area contributed by atoms with Gasteiger partial charge in [-0.05, 0) is 43.2 Å². The summed E-state index contributed by atoms with van der Waals surface area (Å²) in [5.74, 6) is 0.678. The predicted molar refractivity (Wildman–Crippen MR) is 71.1 cm³/mol. The standard InChI is InChI=1S/C15H23NO/c1-11-7-8-15(16-12(2)9-10-17)14-6-4-3-5-13(11)14/h3-6,11-12,15-17H,7-10H2,1-2H3. The van der Waals surface area contributed by atoms with Gasteiger partial charge >= 0.3 is 0 Å². The maximum Gasteiger partial charge on any atom is 0.0445 e. The summed E-state index contributed by atoms with van der Waals surface area (Å²) in [6, 6.07) is 9.60. The molecule has 17 heavy (non-hydrogen) atoms. The molecule has 2 heteroatoms. The second-order valence-electron chi connectivity index (χ2n) is 5.24. The molecule has 0 saturated heterocycles. The van der Waals surface area contributed by atoms with E-state index in [-0.39, 0.29) is 6.61 Å². The zero-order valence-electron chi connectivity index (χ0n) is 10.8. The Hall–Kier alpha value is -0.860. The lowest BCUT2D eigenvalue weighted by Crippen LogP contribution is -2.33. The van der Waals surface area contributed by atoms with E-state index in [0.717, 1.165) is 6.42 Å². The fourth-order valence-corrected chi connectivity index (χ4v) is 2.80. The highest BCUT2D eigenvalue weighted by molar-refractivity contribution is 5.34. The van der Waals surface area contributed by atoms with Crippen molar-refractivity contribution in [1.29, 1.82) is 0 Å². The van der Waals surface area contributed by atoms with Crippen molar-refractivity contribution in [3.8, 4) is 0 Å². The molecule has 0 saturated carbocycles. The summed E-state index contributed by atoms with van der Waals surface area (Å²) in [6.07, 6.45) is 3.28. The average molecular weight is 233 g/mol. The van der Waals surface area contributed by atoms with E-state index in [9.17, 15) is 0 Å². The average Bonchev–Trinajstić information content (AvgIpc) is 2.34. The largest absolute Gasteiger partial charge is 0.396 e. The van der Waals surface area contributed by atoms with E-state index in [1.807, 2.05) is 0 Å². The predicted octanol–water partition coefficient (Wildman–Crippen LogP) is 2.99. The van der Waals surface area contributed by atoms with Gasteiger partial charge < -0.3 is 10.4 Å². The summed E-state index contributed by atoms with van der Waals surface area (Å²) in [5, 5.41) is 12.6. The summed E-state index contributed by atoms with van der Waals surface area (Å²) in [5.41, 5.74) is 2.95. The number of rotatable bonds is 4. The number of benzene rings is 1. The van der Waals surface area contributed by atoms with Crippen molar-refractivity contribution < 1.29 is 5.11 Å². The van der Waals surface area contributed by atoms with Gasteiger partial charge in [-0.2, -0.15) is 0 Å². The number of hydrogen-bond donors (Lipinski definition) is 2. The number of nitrogens with one attached hydrogen (secondary N) is 1. The summed E-state index contributed by atoms with van der Waals surface area (Å²) < 4.78 is 0. The molecule has 2 nitrogen and oxygen atoms in total. The van der Waals surface area contributed by atoms with Crippen LogP contribution in [0.15, 0.2) is 24.3 Å². The van der Waals surface area contributed by atoms with E-state index in [1.54, 1.807) is 0 Å². The van der Waals surface area contributed by atoms with E-state index in [1.165, 1.54) is 24.0 Å². The third kappa shape index (κ3) is 2.88. The summed E-state index contributed by atoms with van der Waals surface area (Å²) in [6.45, 7) is 4.72. The van der Waals surface area contributed by atoms with E-state index in [0.29, 0.717) is 18.0 Å². The Morgan fingerprint density at radius 3 is 2.71 bits per heavy atom. The molecule has 3 unspecified atom stereocenters. The maximum atomic E-state index is 8.96. The Morgan fingerprint density at radius 1 is 1.29 bits per heavy atom. The molecule has 1 aromatic rings. The van der Waals surface area contributed by atoms with Crippen LogP contribution in [0.2, 0.25) is 0 Å². The van der Waals surface area contributed by atoms with Crippen LogP contribution in [0.5, 0.6) is 0 Å². The summed E-state index contributed by atoms with van der Waals surface area (Å²) >= 11 is 0. The third-order valence-corrected chi connectivity index (χ3v) is 3.84. The van der Waals surface area contributed by atoms with Crippen molar-refractivity contribution in [2.75, 3.05) is 6.61 Å². The molecule has 3 atom stereocenters. The lowest BCUT2D eigenvalue weighted by Gasteiger charge is -2.32. The lowest BCUT2D eigenvalue weighted by atomic mass is 9.81. The van der Waals surface area contributed by atoms with Crippen LogP contribution < -0.4 is 5.32 Å². The number of aliphatic hydroxyl groups excluding tert-OH is 1. The molecule has 94 valence electrons. The van der Waals surface area contributed by atoms with E-state index >= 15 is 0 Å². The highest BCUT2D eigenvalue weighted by Crippen LogP contribution is 2.37. The van der Waals surface area contributed by atoms with Crippen molar-refractivity contribution in [2.45, 2.75) is 51.1 Å². The zero-order valence-corrected chi connectivity index (χ0v) is 10.8. The molecular formula is C15H23NO. The molecule has 2 rings (SSSR count). The Bertz CT molecular complexity index is 364. The quantitative estimate of drug-likeness (QED) is 0.838. The molecule has 0 radical (unpaired) electrons. The Morgan fingerprint density at radius 2 is 2.00 bits per heavy atom. The summed E-state index contributed by atoms with van der Waals surface area (Å²) in [4.78, 5) is 0. The molecule has 0 bridgehead atoms. The number of fused-ring (bicyclic) bond motifs is 1. The van der Waals surface area contributed by atoms with Crippen LogP contribution >= 0.6 is 0 Å². The van der Waals surface area contributed by atoms with Gasteiger partial charge in [-0.25, -0.2) is 0 Å². The van der Waals surface area contributed by atoms with E-state index in [2.05, 4.69) is 43.4 Å². The topological polar surface area (TPSA) is 32.3 Å². The van der Waals surface area contributed by atoms with Crippen LogP contribution in [0, 0.1) is 0 Å². The maximum absolute atomic E-state index is 8.96. The first kappa shape index (κ1) is 12.6. The van der Waals surface area contributed by atoms with Gasteiger partial charge in [0.15, 0.2) is 0 Å². The van der Waals surface area contributed by atoms with Crippen LogP contribution in [-0.2, 0) is 0 Å². The smallest absolute Gasteiger partial charge is 0.0445 e. The molecule has 0 aliphatic heterocycles. The van der Waals surface area contributed by atoms with Crippen molar-refractivity contribution in [3.63, 3.8) is 0 Å². The Kier molecular flexibility index (Phi) is 4.19. The van der Waals surface area contributed by atoms with E-state index in [4.69, 9.17) is 5.11 Å². The van der Waals surface area contributed by atoms with Crippen LogP contribution in [0.4, 0.5) is 0 Å². The molecule has 0 aromatic heterocycles. The highest BCUT2D eigenvalue weighted by Gasteiger charge is 2.24. The minimum atomic E-state index is 0.263. The first-order chi connectivity index (χ1) is 8.22. The lowest BCUT2D eigenvalue weighted by molar-refractivity contribution is 0.259. The molecule has 2 N–H and O–H groups in total. The van der Waals surface area contributed by atoms with Gasteiger partial charge in [-0.15, -0.1) is 0 Å². The number of hydrogen-bond acceptors (Lipinski definition) is 2. The monoisotopic (exact) mass is 233 g/mol. The normalized spacial score (nSPS) is 25.4. The minimum absolute atomic E-state index is 0.263. The Labute approximate surface area is 104 Å². The zero-order chi connectivity index (χ0) is 12.3. The van der Waals surface area contributed by atoms with Gasteiger partial charge in [0.05, 0.1) is 0 Å². The van der Waals surface area contributed by atoms with Crippen molar-refractivity contribution >= 4 is 0 Å². The van der Waals surface area contributed by atoms with Gasteiger partial charge in [-0.3, -0.25) is 0 Å². The fraction of sp³-hybridized carbons (Fsp3) is 0.600. The van der Waals surface area contributed by atoms with Crippen molar-refractivity contribution in [2.24, 2.45) is 0 Å². The molecule has 1 aliphatic carbocycles. The SMILES string of the molecule is CC(CCO)NC1CCC(C)c2ccccc21. The van der Waals surface area contributed by atoms with Gasteiger partial charge in [-0.1, -0.05) is 31.2 Å². The van der Waals surface area contributed by atoms with Gasteiger partial charge in [0.1, 0.15) is 0 Å². The molecule has 0 spiro atoms. The second-order valence-corrected chi connectivity index (χ2v) is 5.24. The highest BCUT2D eigenvalue weighted by atomic mass is 16.3. The second kappa shape index (κ2) is 5.65. The first-order valence-corrected chi connectivity index (χ1v) is 6.68. The first-order valence-electron chi connectivity index (χ1n) is 6.68. The third-order valence-electron chi connectivity index (χ3n) is 3.84. The van der Waals surface area contributed by atoms with Crippen LogP contribution in [-0.4, -0.2) is 17.8 Å².